The zero-order valence-corrected chi connectivity index (χ0v) is 13.3. The summed E-state index contributed by atoms with van der Waals surface area (Å²) >= 11 is 0. The molecule has 1 aliphatic rings. The Morgan fingerprint density at radius 2 is 2.10 bits per heavy atom. The Morgan fingerprint density at radius 3 is 2.71 bits per heavy atom. The van der Waals surface area contributed by atoms with Crippen molar-refractivity contribution in [2.24, 2.45) is 0 Å². The van der Waals surface area contributed by atoms with Crippen LogP contribution in [0.4, 0.5) is 4.39 Å². The van der Waals surface area contributed by atoms with Crippen LogP contribution in [0, 0.1) is 5.82 Å². The smallest absolute Gasteiger partial charge is 0.261 e. The molecule has 1 atom stereocenters. The summed E-state index contributed by atoms with van der Waals surface area (Å²) in [5.41, 5.74) is 0.0228. The Morgan fingerprint density at radius 1 is 1.38 bits per heavy atom. The third-order valence-electron chi connectivity index (χ3n) is 3.76. The maximum atomic E-state index is 13.6. The Kier molecular flexibility index (Phi) is 4.88. The van der Waals surface area contributed by atoms with E-state index < -0.39 is 19.8 Å². The minimum atomic E-state index is -4.07. The first-order valence-electron chi connectivity index (χ1n) is 6.89. The number of hydrogen-bond donors (Lipinski definition) is 0. The average molecular weight is 334 g/mol. The van der Waals surface area contributed by atoms with Crippen LogP contribution in [0.1, 0.15) is 43.0 Å². The molecule has 4 nitrogen and oxygen atoms in total. The molecular formula is C14H17ClFNO3S. The van der Waals surface area contributed by atoms with Crippen molar-refractivity contribution in [3.05, 3.63) is 29.6 Å². The summed E-state index contributed by atoms with van der Waals surface area (Å²) in [5, 5.41) is 0. The van der Waals surface area contributed by atoms with Crippen LogP contribution in [-0.2, 0) is 9.05 Å². The first-order chi connectivity index (χ1) is 9.82. The second-order valence-electron chi connectivity index (χ2n) is 5.17. The number of likely N-dealkylation sites (tertiary alicyclic amines) is 1. The van der Waals surface area contributed by atoms with Crippen LogP contribution in [0.3, 0.4) is 0 Å². The predicted octanol–water partition coefficient (Wildman–Crippen LogP) is 3.16. The average Bonchev–Trinajstić information content (AvgIpc) is 2.45. The van der Waals surface area contributed by atoms with E-state index in [-0.39, 0.29) is 17.5 Å². The molecule has 0 radical (unpaired) electrons. The lowest BCUT2D eigenvalue weighted by Crippen LogP contribution is -2.43. The number of benzene rings is 1. The van der Waals surface area contributed by atoms with Crippen LogP contribution in [0.2, 0.25) is 0 Å². The van der Waals surface area contributed by atoms with Gasteiger partial charge >= 0.3 is 0 Å². The van der Waals surface area contributed by atoms with Gasteiger partial charge in [0.25, 0.3) is 15.0 Å². The number of halogens is 2. The highest BCUT2D eigenvalue weighted by Gasteiger charge is 2.27. The first kappa shape index (κ1) is 16.2. The minimum absolute atomic E-state index is 0.0228. The highest BCUT2D eigenvalue weighted by atomic mass is 35.7. The third kappa shape index (κ3) is 3.74. The van der Waals surface area contributed by atoms with Crippen molar-refractivity contribution in [1.82, 2.24) is 4.90 Å². The van der Waals surface area contributed by atoms with Gasteiger partial charge < -0.3 is 4.90 Å². The molecule has 0 N–H and O–H groups in total. The number of nitrogens with zero attached hydrogens (tertiary/aromatic N) is 1. The molecule has 1 unspecified atom stereocenters. The predicted molar refractivity (Wildman–Crippen MR) is 78.4 cm³/mol. The van der Waals surface area contributed by atoms with Gasteiger partial charge in [-0.05, 0) is 43.9 Å². The minimum Gasteiger partial charge on any atom is -0.336 e. The molecule has 1 saturated heterocycles. The molecule has 1 aliphatic heterocycles. The van der Waals surface area contributed by atoms with Gasteiger partial charge in [0.1, 0.15) is 5.82 Å². The van der Waals surface area contributed by atoms with Crippen molar-refractivity contribution in [3.63, 3.8) is 0 Å². The van der Waals surface area contributed by atoms with Crippen LogP contribution in [-0.4, -0.2) is 31.8 Å². The molecule has 0 bridgehead atoms. The van der Waals surface area contributed by atoms with Gasteiger partial charge in [0.05, 0.1) is 4.90 Å². The van der Waals surface area contributed by atoms with E-state index in [1.54, 1.807) is 4.90 Å². The molecule has 1 heterocycles. The van der Waals surface area contributed by atoms with Crippen molar-refractivity contribution in [2.45, 2.75) is 43.5 Å². The molecule has 1 fully saturated rings. The van der Waals surface area contributed by atoms with Gasteiger partial charge in [-0.3, -0.25) is 4.79 Å². The maximum absolute atomic E-state index is 13.6. The first-order valence-corrected chi connectivity index (χ1v) is 9.20. The molecular weight excluding hydrogens is 317 g/mol. The van der Waals surface area contributed by atoms with E-state index in [4.69, 9.17) is 10.7 Å². The molecule has 1 aromatic carbocycles. The van der Waals surface area contributed by atoms with E-state index in [2.05, 4.69) is 0 Å². The molecule has 0 saturated carbocycles. The van der Waals surface area contributed by atoms with E-state index in [0.717, 1.165) is 43.9 Å². The zero-order chi connectivity index (χ0) is 15.6. The Labute approximate surface area is 128 Å². The lowest BCUT2D eigenvalue weighted by atomic mass is 9.99. The van der Waals surface area contributed by atoms with Crippen molar-refractivity contribution >= 4 is 25.6 Å². The summed E-state index contributed by atoms with van der Waals surface area (Å²) < 4.78 is 36.2. The summed E-state index contributed by atoms with van der Waals surface area (Å²) in [6, 6.07) is 3.11. The number of carbonyl (C=O) groups excluding carboxylic acids is 1. The monoisotopic (exact) mass is 333 g/mol. The third-order valence-corrected chi connectivity index (χ3v) is 5.09. The van der Waals surface area contributed by atoms with Crippen LogP contribution >= 0.6 is 10.7 Å². The number of piperidine rings is 1. The Bertz CT molecular complexity index is 648. The van der Waals surface area contributed by atoms with Gasteiger partial charge in [-0.25, -0.2) is 12.8 Å². The highest BCUT2D eigenvalue weighted by molar-refractivity contribution is 8.13. The van der Waals surface area contributed by atoms with E-state index in [9.17, 15) is 17.6 Å². The number of hydrogen-bond acceptors (Lipinski definition) is 3. The highest BCUT2D eigenvalue weighted by Crippen LogP contribution is 2.24. The molecule has 0 aliphatic carbocycles. The normalized spacial score (nSPS) is 19.6. The molecule has 1 aromatic rings. The summed E-state index contributed by atoms with van der Waals surface area (Å²) in [5.74, 6) is -1.13. The molecule has 21 heavy (non-hydrogen) atoms. The number of rotatable bonds is 3. The van der Waals surface area contributed by atoms with Crippen molar-refractivity contribution in [1.29, 1.82) is 0 Å². The lowest BCUT2D eigenvalue weighted by molar-refractivity contribution is 0.0607. The summed E-state index contributed by atoms with van der Waals surface area (Å²) in [4.78, 5) is 13.8. The van der Waals surface area contributed by atoms with E-state index in [1.807, 2.05) is 6.92 Å². The second kappa shape index (κ2) is 6.32. The molecule has 7 heteroatoms. The van der Waals surface area contributed by atoms with Crippen molar-refractivity contribution in [3.8, 4) is 0 Å². The molecule has 0 aromatic heterocycles. The quantitative estimate of drug-likeness (QED) is 0.798. The van der Waals surface area contributed by atoms with Crippen LogP contribution in [0.5, 0.6) is 0 Å². The largest absolute Gasteiger partial charge is 0.336 e. The maximum Gasteiger partial charge on any atom is 0.261 e. The Hall–Kier alpha value is -1.14. The van der Waals surface area contributed by atoms with E-state index >= 15 is 0 Å². The number of amides is 1. The fraction of sp³-hybridized carbons (Fsp3) is 0.500. The van der Waals surface area contributed by atoms with Gasteiger partial charge in [0.15, 0.2) is 0 Å². The molecule has 116 valence electrons. The molecule has 2 rings (SSSR count). The van der Waals surface area contributed by atoms with E-state index in [1.165, 1.54) is 0 Å². The molecule has 0 spiro atoms. The fourth-order valence-corrected chi connectivity index (χ4v) is 3.47. The lowest BCUT2D eigenvalue weighted by Gasteiger charge is -2.35. The number of carbonyl (C=O) groups is 1. The van der Waals surface area contributed by atoms with Gasteiger partial charge in [0.2, 0.25) is 0 Å². The Balaban J connectivity index is 2.37. The summed E-state index contributed by atoms with van der Waals surface area (Å²) in [6.07, 6.45) is 3.70. The topological polar surface area (TPSA) is 54.5 Å². The van der Waals surface area contributed by atoms with Crippen molar-refractivity contribution < 1.29 is 17.6 Å². The van der Waals surface area contributed by atoms with Crippen LogP contribution < -0.4 is 0 Å². The SMILES string of the molecule is CCC1CCCCN1C(=O)c1cc(F)cc(S(=O)(=O)Cl)c1. The van der Waals surface area contributed by atoms with Gasteiger partial charge in [-0.1, -0.05) is 6.92 Å². The van der Waals surface area contributed by atoms with Gasteiger partial charge in [-0.2, -0.15) is 0 Å². The van der Waals surface area contributed by atoms with Crippen LogP contribution in [0.25, 0.3) is 0 Å². The van der Waals surface area contributed by atoms with Gasteiger partial charge in [-0.15, -0.1) is 0 Å². The second-order valence-corrected chi connectivity index (χ2v) is 7.74. The van der Waals surface area contributed by atoms with Crippen molar-refractivity contribution in [2.75, 3.05) is 6.54 Å². The van der Waals surface area contributed by atoms with Gasteiger partial charge in [0, 0.05) is 28.8 Å². The fourth-order valence-electron chi connectivity index (χ4n) is 2.69. The van der Waals surface area contributed by atoms with E-state index in [0.29, 0.717) is 6.54 Å². The summed E-state index contributed by atoms with van der Waals surface area (Å²) in [6.45, 7) is 2.60. The molecule has 1 amide bonds. The standard InChI is InChI=1S/C14H17ClFNO3S/c1-2-12-5-3-4-6-17(12)14(18)10-7-11(16)9-13(8-10)21(15,19)20/h7-9,12H,2-6H2,1H3. The zero-order valence-electron chi connectivity index (χ0n) is 11.7. The summed E-state index contributed by atoms with van der Waals surface area (Å²) in [7, 11) is 1.16. The van der Waals surface area contributed by atoms with Crippen LogP contribution in [0.15, 0.2) is 23.1 Å².